The van der Waals surface area contributed by atoms with Crippen molar-refractivity contribution in [1.29, 1.82) is 0 Å². The third-order valence-electron chi connectivity index (χ3n) is 12.4. The first kappa shape index (κ1) is 42.8. The molecule has 2 saturated heterocycles. The number of halogens is 3. The van der Waals surface area contributed by atoms with Gasteiger partial charge in [0.2, 0.25) is 27.7 Å². The van der Waals surface area contributed by atoms with Gasteiger partial charge in [0.25, 0.3) is 11.8 Å². The normalized spacial score (nSPS) is 27.5. The molecular formula is C43H49ClF2N6O8S. The minimum atomic E-state index is -3.95. The Morgan fingerprint density at radius 2 is 1.87 bits per heavy atom. The van der Waals surface area contributed by atoms with Crippen LogP contribution in [0, 0.1) is 11.8 Å². The van der Waals surface area contributed by atoms with Gasteiger partial charge in [-0.25, -0.2) is 22.2 Å². The van der Waals surface area contributed by atoms with Gasteiger partial charge in [-0.3, -0.25) is 28.9 Å². The molecule has 0 radical (unpaired) electrons. The summed E-state index contributed by atoms with van der Waals surface area (Å²) in [7, 11) is -2.47. The number of hydrogen-bond donors (Lipinski definition) is 2. The largest absolute Gasteiger partial charge is 0.495 e. The Kier molecular flexibility index (Phi) is 12.0. The van der Waals surface area contributed by atoms with Crippen molar-refractivity contribution in [2.45, 2.75) is 106 Å². The summed E-state index contributed by atoms with van der Waals surface area (Å²) < 4.78 is 69.1. The van der Waals surface area contributed by atoms with Gasteiger partial charge >= 0.3 is 0 Å². The average Bonchev–Trinajstić information content (AvgIpc) is 4.16. The lowest BCUT2D eigenvalue weighted by atomic mass is 9.94. The Bertz CT molecular complexity index is 2350. The van der Waals surface area contributed by atoms with Crippen molar-refractivity contribution < 1.29 is 45.9 Å². The smallest absolute Gasteiger partial charge is 0.265 e. The third-order valence-corrected chi connectivity index (χ3v) is 14.6. The van der Waals surface area contributed by atoms with Crippen LogP contribution in [-0.4, -0.2) is 107 Å². The van der Waals surface area contributed by atoms with Crippen molar-refractivity contribution in [3.05, 3.63) is 59.8 Å². The first-order valence-corrected chi connectivity index (χ1v) is 22.9. The number of likely N-dealkylation sites (tertiary alicyclic amines) is 1. The number of nitrogens with zero attached hydrogens (tertiary/aromatic N) is 4. The van der Waals surface area contributed by atoms with Crippen molar-refractivity contribution in [2.75, 3.05) is 26.7 Å². The van der Waals surface area contributed by atoms with Crippen LogP contribution >= 0.6 is 11.6 Å². The van der Waals surface area contributed by atoms with Gasteiger partial charge in [0, 0.05) is 55.3 Å². The zero-order chi connectivity index (χ0) is 43.1. The Labute approximate surface area is 357 Å². The molecule has 4 fully saturated rings. The van der Waals surface area contributed by atoms with Gasteiger partial charge in [0.15, 0.2) is 0 Å². The Morgan fingerprint density at radius 3 is 2.61 bits per heavy atom. The summed E-state index contributed by atoms with van der Waals surface area (Å²) in [6.07, 6.45) is 7.96. The molecule has 1 aromatic carbocycles. The van der Waals surface area contributed by atoms with Crippen LogP contribution in [0.4, 0.5) is 8.78 Å². The quantitative estimate of drug-likeness (QED) is 0.258. The second kappa shape index (κ2) is 17.1. The van der Waals surface area contributed by atoms with Gasteiger partial charge < -0.3 is 24.6 Å². The lowest BCUT2D eigenvalue weighted by Crippen LogP contribution is -2.57. The van der Waals surface area contributed by atoms with Gasteiger partial charge in [0.05, 0.1) is 42.4 Å². The van der Waals surface area contributed by atoms with Crippen molar-refractivity contribution >= 4 is 56.2 Å². The predicted molar refractivity (Wildman–Crippen MR) is 221 cm³/mol. The number of pyridine rings is 2. The van der Waals surface area contributed by atoms with Gasteiger partial charge in [-0.2, -0.15) is 0 Å². The summed E-state index contributed by atoms with van der Waals surface area (Å²) >= 11 is 6.78. The van der Waals surface area contributed by atoms with E-state index in [4.69, 9.17) is 26.1 Å². The van der Waals surface area contributed by atoms with E-state index < -0.39 is 80.9 Å². The molecule has 2 saturated carbocycles. The maximum Gasteiger partial charge on any atom is 0.265 e. The topological polar surface area (TPSA) is 177 Å². The van der Waals surface area contributed by atoms with Crippen LogP contribution in [0.15, 0.2) is 54.7 Å². The predicted octanol–water partition coefficient (Wildman–Crippen LogP) is 5.57. The summed E-state index contributed by atoms with van der Waals surface area (Å²) in [6.45, 7) is -0.666. The number of ether oxygens (including phenoxy) is 2. The maximum atomic E-state index is 14.8. The number of sulfonamides is 1. The molecule has 4 amide bonds. The molecule has 5 aliphatic rings. The van der Waals surface area contributed by atoms with E-state index in [1.165, 1.54) is 12.0 Å². The number of piperidine rings is 1. The van der Waals surface area contributed by atoms with Gasteiger partial charge in [-0.05, 0) is 69.2 Å². The number of aromatic nitrogens is 2. The fourth-order valence-electron chi connectivity index (χ4n) is 8.79. The first-order valence-electron chi connectivity index (χ1n) is 20.9. The number of hydrogen-bond acceptors (Lipinski definition) is 10. The number of carbonyl (C=O) groups is 4. The molecule has 3 aromatic rings. The second-order valence-electron chi connectivity index (χ2n) is 16.9. The summed E-state index contributed by atoms with van der Waals surface area (Å²) in [5, 5.41) is 2.95. The maximum absolute atomic E-state index is 14.8. The first-order chi connectivity index (χ1) is 29.2. The van der Waals surface area contributed by atoms with E-state index in [2.05, 4.69) is 15.0 Å². The number of methoxy groups -OCH3 is 1. The van der Waals surface area contributed by atoms with E-state index in [1.54, 1.807) is 42.6 Å². The van der Waals surface area contributed by atoms with Crippen LogP contribution in [0.5, 0.6) is 11.5 Å². The Morgan fingerprint density at radius 1 is 1.05 bits per heavy atom. The number of nitrogens with one attached hydrogen (secondary N) is 2. The van der Waals surface area contributed by atoms with E-state index in [0.29, 0.717) is 65.9 Å². The van der Waals surface area contributed by atoms with Gasteiger partial charge in [0.1, 0.15) is 34.2 Å². The summed E-state index contributed by atoms with van der Waals surface area (Å²) in [6, 6.07) is 9.24. The molecule has 8 rings (SSSR count). The van der Waals surface area contributed by atoms with Crippen molar-refractivity contribution in [2.24, 2.45) is 11.8 Å². The highest BCUT2D eigenvalue weighted by Crippen LogP contribution is 2.46. The van der Waals surface area contributed by atoms with Gasteiger partial charge in [-0.15, -0.1) is 0 Å². The Balaban J connectivity index is 1.14. The molecule has 0 spiro atoms. The minimum Gasteiger partial charge on any atom is -0.495 e. The molecule has 5 atom stereocenters. The molecule has 61 heavy (non-hydrogen) atoms. The zero-order valence-electron chi connectivity index (χ0n) is 33.8. The molecule has 0 unspecified atom stereocenters. The summed E-state index contributed by atoms with van der Waals surface area (Å²) in [5.41, 5.74) is -0.248. The highest BCUT2D eigenvalue weighted by Gasteiger charge is 2.62. The summed E-state index contributed by atoms with van der Waals surface area (Å²) in [4.78, 5) is 68.7. The number of amides is 4. The van der Waals surface area contributed by atoms with Crippen LogP contribution in [0.3, 0.4) is 0 Å². The number of alkyl halides is 2. The average molecular weight is 883 g/mol. The van der Waals surface area contributed by atoms with Gasteiger partial charge in [-0.1, -0.05) is 42.7 Å². The Hall–Kier alpha value is -4.90. The van der Waals surface area contributed by atoms with E-state index in [9.17, 15) is 36.4 Å². The SMILES string of the molecule is COc1ccc2c(O[C@@H]3C[C@H]4C(=O)N[C@@]5(C(=O)NS(=O)(=O)C6CC6)C[C@@H]5/C=C\CCCCC[C@H](CC(=O)N5CCCC(F)(F)C5)C(=O)N4C3)cc(-c3ccccn3)nc2c1Cl. The van der Waals surface area contributed by atoms with E-state index >= 15 is 0 Å². The van der Waals surface area contributed by atoms with E-state index in [0.717, 1.165) is 11.3 Å². The highest BCUT2D eigenvalue weighted by atomic mass is 35.5. The molecule has 2 N–H and O–H groups in total. The van der Waals surface area contributed by atoms with E-state index in [1.807, 2.05) is 12.2 Å². The number of benzene rings is 1. The molecule has 326 valence electrons. The zero-order valence-corrected chi connectivity index (χ0v) is 35.4. The number of allylic oxidation sites excluding steroid dienone is 1. The molecule has 2 aromatic heterocycles. The molecule has 3 aliphatic heterocycles. The standard InChI is InChI=1S/C43H49ClF2N6O8S/c1-59-34-16-15-30-35(22-32(48-38(30)37(34)44)31-12-7-8-18-47-31)60-28-21-33-39(54)49-43(41(56)50-61(57,58)29-13-14-29)23-27(43)11-6-4-2-3-5-10-26(40(55)52(33)24-28)20-36(53)51-19-9-17-42(45,46)25-51/h6-8,11-12,15-16,18,22,26-29,33H,2-5,9-10,13-14,17,19-21,23-25H2,1H3,(H,49,54)(H,50,56)/b11-6-/t26-,27+,28-,33+,43+/m1/s1. The van der Waals surface area contributed by atoms with Crippen molar-refractivity contribution in [3.8, 4) is 22.9 Å². The van der Waals surface area contributed by atoms with E-state index in [-0.39, 0.29) is 56.6 Å². The number of carbonyl (C=O) groups excluding carboxylic acids is 4. The lowest BCUT2D eigenvalue weighted by molar-refractivity contribution is -0.148. The summed E-state index contributed by atoms with van der Waals surface area (Å²) in [5.74, 6) is -6.33. The molecule has 14 nitrogen and oxygen atoms in total. The fourth-order valence-corrected chi connectivity index (χ4v) is 10.4. The third kappa shape index (κ3) is 9.18. The molecule has 5 heterocycles. The minimum absolute atomic E-state index is 0.0399. The molecule has 0 bridgehead atoms. The van der Waals surface area contributed by atoms with Crippen molar-refractivity contribution in [3.63, 3.8) is 0 Å². The monoisotopic (exact) mass is 882 g/mol. The van der Waals surface area contributed by atoms with Crippen LogP contribution in [0.2, 0.25) is 5.02 Å². The van der Waals surface area contributed by atoms with Crippen LogP contribution in [0.1, 0.15) is 77.0 Å². The molecule has 2 aliphatic carbocycles. The lowest BCUT2D eigenvalue weighted by Gasteiger charge is -2.34. The van der Waals surface area contributed by atoms with Crippen LogP contribution < -0.4 is 19.5 Å². The molecule has 18 heteroatoms. The second-order valence-corrected chi connectivity index (χ2v) is 19.2. The van der Waals surface area contributed by atoms with Crippen molar-refractivity contribution in [1.82, 2.24) is 29.8 Å². The van der Waals surface area contributed by atoms with Crippen LogP contribution in [-0.2, 0) is 29.2 Å². The fraction of sp³-hybridized carbons (Fsp3) is 0.535. The highest BCUT2D eigenvalue weighted by molar-refractivity contribution is 7.91. The number of rotatable bonds is 9. The number of fused-ring (bicyclic) bond motifs is 3. The molecular weight excluding hydrogens is 834 g/mol. The van der Waals surface area contributed by atoms with Crippen LogP contribution in [0.25, 0.3) is 22.3 Å².